The molecule has 1 aliphatic rings. The second-order valence-electron chi connectivity index (χ2n) is 17.5. The maximum absolute atomic E-state index is 14.4. The Bertz CT molecular complexity index is 1550. The predicted molar refractivity (Wildman–Crippen MR) is 207 cm³/mol. The quantitative estimate of drug-likeness (QED) is 0.160. The van der Waals surface area contributed by atoms with E-state index in [1.807, 2.05) is 71.9 Å². The van der Waals surface area contributed by atoms with Gasteiger partial charge in [0.25, 0.3) is 5.91 Å². The van der Waals surface area contributed by atoms with E-state index in [-0.39, 0.29) is 37.6 Å². The zero-order chi connectivity index (χ0) is 40.4. The van der Waals surface area contributed by atoms with Crippen molar-refractivity contribution in [3.63, 3.8) is 0 Å². The number of benzene rings is 1. The number of methoxy groups -OCH3 is 1. The van der Waals surface area contributed by atoms with Gasteiger partial charge in [0.2, 0.25) is 5.91 Å². The molecule has 0 radical (unpaired) electrons. The molecule has 54 heavy (non-hydrogen) atoms. The lowest BCUT2D eigenvalue weighted by atomic mass is 9.84. The molecule has 4 atom stereocenters. The second kappa shape index (κ2) is 18.9. The molecule has 2 aromatic rings. The van der Waals surface area contributed by atoms with Crippen LogP contribution >= 0.6 is 0 Å². The number of hydrogen-bond acceptors (Lipinski definition) is 9. The molecule has 3 rings (SSSR count). The van der Waals surface area contributed by atoms with E-state index >= 15 is 0 Å². The van der Waals surface area contributed by atoms with Gasteiger partial charge in [-0.2, -0.15) is 0 Å². The number of aliphatic hydroxyl groups is 2. The minimum Gasteiger partial charge on any atom is -0.453 e. The molecule has 2 heterocycles. The van der Waals surface area contributed by atoms with E-state index in [0.717, 1.165) is 5.56 Å². The van der Waals surface area contributed by atoms with E-state index in [9.17, 15) is 29.4 Å². The maximum Gasteiger partial charge on any atom is 0.407 e. The SMILES string of the molecule is COC(=O)NC(C(=O)NN(CCC(C)(C)C)CC(O)C(Cc1ccccc1)NC(=O)C(N1CCN(Cc2cccc(CO)n2)C1=O)C(C)(C)C)C(C)(C)C. The topological polar surface area (TPSA) is 177 Å². The van der Waals surface area contributed by atoms with E-state index < -0.39 is 53.0 Å². The van der Waals surface area contributed by atoms with E-state index in [1.165, 1.54) is 7.11 Å². The smallest absolute Gasteiger partial charge is 0.407 e. The molecule has 14 heteroatoms. The van der Waals surface area contributed by atoms with E-state index in [4.69, 9.17) is 4.74 Å². The van der Waals surface area contributed by atoms with Crippen LogP contribution in [0, 0.1) is 16.2 Å². The summed E-state index contributed by atoms with van der Waals surface area (Å²) in [5.41, 5.74) is 3.52. The van der Waals surface area contributed by atoms with Crippen LogP contribution in [-0.2, 0) is 33.9 Å². The summed E-state index contributed by atoms with van der Waals surface area (Å²) in [6.07, 6.45) is -0.947. The Hall–Kier alpha value is -4.27. The molecule has 0 aliphatic carbocycles. The first-order valence-electron chi connectivity index (χ1n) is 18.7. The third-order valence-electron chi connectivity index (χ3n) is 9.36. The van der Waals surface area contributed by atoms with E-state index in [2.05, 4.69) is 41.8 Å². The van der Waals surface area contributed by atoms with Gasteiger partial charge >= 0.3 is 12.1 Å². The second-order valence-corrected chi connectivity index (χ2v) is 17.5. The Labute approximate surface area is 321 Å². The number of hydrogen-bond donors (Lipinski definition) is 5. The van der Waals surface area contributed by atoms with E-state index in [0.29, 0.717) is 37.4 Å². The Morgan fingerprint density at radius 3 is 2.11 bits per heavy atom. The minimum absolute atomic E-state index is 0.0365. The molecule has 1 fully saturated rings. The van der Waals surface area contributed by atoms with Crippen LogP contribution in [0.5, 0.6) is 0 Å². The van der Waals surface area contributed by atoms with Crippen molar-refractivity contribution in [3.8, 4) is 0 Å². The van der Waals surface area contributed by atoms with Crippen LogP contribution in [0.1, 0.15) is 85.7 Å². The van der Waals surface area contributed by atoms with Crippen molar-refractivity contribution >= 4 is 23.9 Å². The fourth-order valence-corrected chi connectivity index (χ4v) is 6.39. The molecular weight excluding hydrogens is 690 g/mol. The Morgan fingerprint density at radius 2 is 1.54 bits per heavy atom. The van der Waals surface area contributed by atoms with Gasteiger partial charge in [0.15, 0.2) is 0 Å². The third kappa shape index (κ3) is 13.2. The summed E-state index contributed by atoms with van der Waals surface area (Å²) < 4.78 is 4.78. The average molecular weight is 754 g/mol. The fourth-order valence-electron chi connectivity index (χ4n) is 6.39. The largest absolute Gasteiger partial charge is 0.453 e. The van der Waals surface area contributed by atoms with Gasteiger partial charge in [-0.1, -0.05) is 98.7 Å². The zero-order valence-corrected chi connectivity index (χ0v) is 33.8. The lowest BCUT2D eigenvalue weighted by Gasteiger charge is -2.39. The van der Waals surface area contributed by atoms with Crippen molar-refractivity contribution < 1.29 is 34.1 Å². The number of urea groups is 1. The molecule has 5 N–H and O–H groups in total. The molecule has 1 saturated heterocycles. The van der Waals surface area contributed by atoms with Crippen LogP contribution in [-0.4, -0.2) is 111 Å². The number of nitrogens with zero attached hydrogens (tertiary/aromatic N) is 4. The molecule has 300 valence electrons. The highest BCUT2D eigenvalue weighted by Crippen LogP contribution is 2.29. The summed E-state index contributed by atoms with van der Waals surface area (Å²) in [7, 11) is 1.23. The van der Waals surface area contributed by atoms with Crippen LogP contribution in [0.2, 0.25) is 0 Å². The Kier molecular flexibility index (Phi) is 15.4. The normalized spacial score (nSPS) is 16.1. The van der Waals surface area contributed by atoms with Crippen LogP contribution in [0.3, 0.4) is 0 Å². The highest BCUT2D eigenvalue weighted by molar-refractivity contribution is 5.89. The van der Waals surface area contributed by atoms with Crippen molar-refractivity contribution in [3.05, 3.63) is 65.5 Å². The standard InChI is InChI=1S/C40H63N7O7/c1-38(2,3)19-20-46(44-34(50)32(39(4,5)6)43-36(52)54-10)25-31(49)30(23-27-15-12-11-13-16-27)42-35(51)33(40(7,8)9)47-22-21-45(37(47)53)24-28-17-14-18-29(26-48)41-28/h11-18,30-33,48-49H,19-26H2,1-10H3,(H,42,51)(H,43,52)(H,44,50). The molecule has 1 aromatic heterocycles. The molecule has 5 amide bonds. The third-order valence-corrected chi connectivity index (χ3v) is 9.36. The molecular formula is C40H63N7O7. The summed E-state index contributed by atoms with van der Waals surface area (Å²) in [5.74, 6) is -0.876. The number of pyridine rings is 1. The number of rotatable bonds is 16. The number of carbonyl (C=O) groups is 4. The first-order chi connectivity index (χ1) is 25.1. The van der Waals surface area contributed by atoms with Crippen molar-refractivity contribution in [2.24, 2.45) is 16.2 Å². The van der Waals surface area contributed by atoms with Gasteiger partial charge < -0.3 is 35.4 Å². The monoisotopic (exact) mass is 753 g/mol. The summed E-state index contributed by atoms with van der Waals surface area (Å²) >= 11 is 0. The maximum atomic E-state index is 14.4. The van der Waals surface area contributed by atoms with Crippen molar-refractivity contribution in [2.75, 3.05) is 33.3 Å². The number of carbonyl (C=O) groups excluding carboxylic acids is 4. The molecule has 0 bridgehead atoms. The number of nitrogens with one attached hydrogen (secondary N) is 3. The molecule has 1 aliphatic heterocycles. The molecule has 1 aromatic carbocycles. The summed E-state index contributed by atoms with van der Waals surface area (Å²) in [5, 5.41) is 28.9. The van der Waals surface area contributed by atoms with Gasteiger partial charge in [0.1, 0.15) is 12.1 Å². The molecule has 4 unspecified atom stereocenters. The van der Waals surface area contributed by atoms with Gasteiger partial charge in [-0.3, -0.25) is 20.0 Å². The van der Waals surface area contributed by atoms with Crippen LogP contribution in [0.4, 0.5) is 9.59 Å². The number of aliphatic hydroxyl groups excluding tert-OH is 2. The number of alkyl carbamates (subject to hydrolysis) is 1. The van der Waals surface area contributed by atoms with E-state index in [1.54, 1.807) is 33.0 Å². The van der Waals surface area contributed by atoms with Gasteiger partial charge in [-0.25, -0.2) is 14.6 Å². The lowest BCUT2D eigenvalue weighted by molar-refractivity contribution is -0.133. The van der Waals surface area contributed by atoms with Crippen LogP contribution in [0.15, 0.2) is 48.5 Å². The summed E-state index contributed by atoms with van der Waals surface area (Å²) in [4.78, 5) is 61.8. The number of ether oxygens (including phenoxy) is 1. The van der Waals surface area contributed by atoms with Gasteiger partial charge in [-0.05, 0) is 46.8 Å². The number of aromatic nitrogens is 1. The van der Waals surface area contributed by atoms with Crippen molar-refractivity contribution in [1.29, 1.82) is 0 Å². The van der Waals surface area contributed by atoms with Crippen LogP contribution < -0.4 is 16.1 Å². The van der Waals surface area contributed by atoms with Crippen LogP contribution in [0.25, 0.3) is 0 Å². The van der Waals surface area contributed by atoms with Crippen molar-refractivity contribution in [1.82, 2.24) is 35.9 Å². The van der Waals surface area contributed by atoms with Gasteiger partial charge in [0, 0.05) is 26.2 Å². The minimum atomic E-state index is -1.16. The first kappa shape index (κ1) is 44.1. The average Bonchev–Trinajstić information content (AvgIpc) is 3.42. The highest BCUT2D eigenvalue weighted by Gasteiger charge is 2.44. The fraction of sp³-hybridized carbons (Fsp3) is 0.625. The molecule has 0 saturated carbocycles. The molecule has 14 nitrogen and oxygen atoms in total. The summed E-state index contributed by atoms with van der Waals surface area (Å²) in [6.45, 7) is 18.5. The van der Waals surface area contributed by atoms with Gasteiger partial charge in [-0.15, -0.1) is 0 Å². The summed E-state index contributed by atoms with van der Waals surface area (Å²) in [6, 6.07) is 11.9. The number of hydrazine groups is 1. The van der Waals surface area contributed by atoms with Crippen molar-refractivity contribution in [2.45, 2.75) is 113 Å². The molecule has 0 spiro atoms. The Balaban J connectivity index is 1.89. The predicted octanol–water partition coefficient (Wildman–Crippen LogP) is 3.85. The Morgan fingerprint density at radius 1 is 0.889 bits per heavy atom. The number of amides is 5. The van der Waals surface area contributed by atoms with Gasteiger partial charge in [0.05, 0.1) is 43.8 Å². The zero-order valence-electron chi connectivity index (χ0n) is 33.8. The lowest BCUT2D eigenvalue weighted by Crippen LogP contribution is -2.61. The highest BCUT2D eigenvalue weighted by atomic mass is 16.5. The first-order valence-corrected chi connectivity index (χ1v) is 18.7.